The van der Waals surface area contributed by atoms with Crippen molar-refractivity contribution in [1.82, 2.24) is 9.13 Å². The maximum absolute atomic E-state index is 2.48. The van der Waals surface area contributed by atoms with Crippen LogP contribution in [0.15, 0.2) is 182 Å². The van der Waals surface area contributed by atoms with Gasteiger partial charge in [-0.2, -0.15) is 0 Å². The number of hydrogen-bond acceptors (Lipinski definition) is 0. The van der Waals surface area contributed by atoms with Crippen molar-refractivity contribution in [2.45, 2.75) is 0 Å². The van der Waals surface area contributed by atoms with Crippen molar-refractivity contribution in [2.75, 3.05) is 0 Å². The summed E-state index contributed by atoms with van der Waals surface area (Å²) < 4.78 is 4.95. The number of benzene rings is 9. The fourth-order valence-corrected chi connectivity index (χ4v) is 9.34. The fourth-order valence-electron chi connectivity index (χ4n) is 9.34. The largest absolute Gasteiger partial charge is 0.309 e. The molecule has 12 rings (SSSR count). The monoisotopic (exact) mass is 658 g/mol. The lowest BCUT2D eigenvalue weighted by Crippen LogP contribution is -1.96. The molecular formula is C50H30N2. The van der Waals surface area contributed by atoms with E-state index in [1.54, 1.807) is 0 Å². The molecule has 2 heteroatoms. The Labute approximate surface area is 300 Å². The molecule has 0 bridgehead atoms. The van der Waals surface area contributed by atoms with E-state index in [-0.39, 0.29) is 0 Å². The Hall–Kier alpha value is -6.90. The lowest BCUT2D eigenvalue weighted by molar-refractivity contribution is 1.17. The van der Waals surface area contributed by atoms with Crippen molar-refractivity contribution in [3.63, 3.8) is 0 Å². The van der Waals surface area contributed by atoms with Gasteiger partial charge in [-0.15, -0.1) is 0 Å². The van der Waals surface area contributed by atoms with Crippen LogP contribution in [0.1, 0.15) is 0 Å². The van der Waals surface area contributed by atoms with Crippen LogP contribution in [-0.2, 0) is 0 Å². The molecule has 0 spiro atoms. The van der Waals surface area contributed by atoms with Crippen LogP contribution in [0.25, 0.3) is 110 Å². The van der Waals surface area contributed by atoms with Crippen LogP contribution in [-0.4, -0.2) is 9.13 Å². The average Bonchev–Trinajstić information content (AvgIpc) is 3.85. The van der Waals surface area contributed by atoms with Crippen molar-refractivity contribution in [3.05, 3.63) is 182 Å². The standard InChI is InChI=1S/C50H30N2/c1-2-16-34(17-3-1)52-44-28-26-31-12-4-5-19-36(31)48(44)42-27-29-45-49(50(42)52)40-20-6-7-25-43(40)51(45)35-18-8-15-33(30-35)37-21-11-23-39-38-22-9-13-32-14-10-24-41(46(32)38)47(37)39/h1-30H. The Kier molecular flexibility index (Phi) is 5.53. The zero-order valence-corrected chi connectivity index (χ0v) is 28.2. The van der Waals surface area contributed by atoms with Crippen LogP contribution >= 0.6 is 0 Å². The molecule has 2 heterocycles. The first-order chi connectivity index (χ1) is 25.8. The summed E-state index contributed by atoms with van der Waals surface area (Å²) in [6.45, 7) is 0. The minimum atomic E-state index is 1.15. The molecule has 0 atom stereocenters. The predicted molar refractivity (Wildman–Crippen MR) is 220 cm³/mol. The van der Waals surface area contributed by atoms with Gasteiger partial charge in [-0.25, -0.2) is 0 Å². The highest BCUT2D eigenvalue weighted by molar-refractivity contribution is 6.30. The topological polar surface area (TPSA) is 9.86 Å². The maximum Gasteiger partial charge on any atom is 0.0641 e. The zero-order chi connectivity index (χ0) is 33.9. The van der Waals surface area contributed by atoms with Gasteiger partial charge < -0.3 is 9.13 Å². The summed E-state index contributed by atoms with van der Waals surface area (Å²) in [4.78, 5) is 0. The lowest BCUT2D eigenvalue weighted by atomic mass is 9.93. The Morgan fingerprint density at radius 2 is 0.962 bits per heavy atom. The summed E-state index contributed by atoms with van der Waals surface area (Å²) in [5, 5.41) is 10.3. The van der Waals surface area contributed by atoms with E-state index in [0.29, 0.717) is 0 Å². The van der Waals surface area contributed by atoms with Gasteiger partial charge in [0.05, 0.1) is 22.1 Å². The summed E-state index contributed by atoms with van der Waals surface area (Å²) in [5.41, 5.74) is 15.0. The van der Waals surface area contributed by atoms with Crippen LogP contribution in [0, 0.1) is 0 Å². The Balaban J connectivity index is 1.16. The molecule has 0 aliphatic heterocycles. The second kappa shape index (κ2) is 10.3. The highest BCUT2D eigenvalue weighted by Gasteiger charge is 2.25. The fraction of sp³-hybridized carbons (Fsp3) is 0. The molecule has 0 N–H and O–H groups in total. The highest BCUT2D eigenvalue weighted by atomic mass is 15.0. The quantitative estimate of drug-likeness (QED) is 0.179. The lowest BCUT2D eigenvalue weighted by Gasteiger charge is -2.14. The van der Waals surface area contributed by atoms with Gasteiger partial charge in [0.25, 0.3) is 0 Å². The van der Waals surface area contributed by atoms with Crippen LogP contribution in [0.3, 0.4) is 0 Å². The van der Waals surface area contributed by atoms with Crippen LogP contribution in [0.5, 0.6) is 0 Å². The molecule has 2 aromatic heterocycles. The summed E-state index contributed by atoms with van der Waals surface area (Å²) in [7, 11) is 0. The Morgan fingerprint density at radius 3 is 1.87 bits per heavy atom. The number of para-hydroxylation sites is 2. The second-order valence-corrected chi connectivity index (χ2v) is 14.0. The van der Waals surface area contributed by atoms with Gasteiger partial charge in [0.2, 0.25) is 0 Å². The minimum absolute atomic E-state index is 1.15. The molecule has 0 unspecified atom stereocenters. The maximum atomic E-state index is 2.48. The van der Waals surface area contributed by atoms with Crippen molar-refractivity contribution in [3.8, 4) is 44.8 Å². The molecule has 1 aliphatic rings. The second-order valence-electron chi connectivity index (χ2n) is 14.0. The van der Waals surface area contributed by atoms with E-state index in [1.165, 1.54) is 98.5 Å². The van der Waals surface area contributed by atoms with Gasteiger partial charge in [0, 0.05) is 32.9 Å². The number of hydrogen-bond donors (Lipinski definition) is 0. The molecule has 9 aromatic carbocycles. The molecule has 0 saturated heterocycles. The highest BCUT2D eigenvalue weighted by Crippen LogP contribution is 2.51. The van der Waals surface area contributed by atoms with E-state index >= 15 is 0 Å². The third-order valence-corrected chi connectivity index (χ3v) is 11.4. The van der Waals surface area contributed by atoms with Crippen LogP contribution in [0.2, 0.25) is 0 Å². The molecule has 0 saturated carbocycles. The van der Waals surface area contributed by atoms with Crippen LogP contribution < -0.4 is 0 Å². The van der Waals surface area contributed by atoms with Crippen molar-refractivity contribution < 1.29 is 0 Å². The number of nitrogens with zero attached hydrogens (tertiary/aromatic N) is 2. The van der Waals surface area contributed by atoms with Gasteiger partial charge in [-0.1, -0.05) is 140 Å². The number of aromatic nitrogens is 2. The van der Waals surface area contributed by atoms with E-state index < -0.39 is 0 Å². The number of rotatable bonds is 3. The third-order valence-electron chi connectivity index (χ3n) is 11.4. The smallest absolute Gasteiger partial charge is 0.0641 e. The van der Waals surface area contributed by atoms with Gasteiger partial charge in [-0.3, -0.25) is 0 Å². The van der Waals surface area contributed by atoms with E-state index in [0.717, 1.165) is 11.4 Å². The summed E-state index contributed by atoms with van der Waals surface area (Å²) in [6, 6.07) is 67.1. The molecule has 0 fully saturated rings. The van der Waals surface area contributed by atoms with E-state index in [4.69, 9.17) is 0 Å². The van der Waals surface area contributed by atoms with Crippen molar-refractivity contribution in [1.29, 1.82) is 0 Å². The molecule has 0 amide bonds. The predicted octanol–water partition coefficient (Wildman–Crippen LogP) is 13.5. The molecule has 52 heavy (non-hydrogen) atoms. The van der Waals surface area contributed by atoms with E-state index in [9.17, 15) is 0 Å². The van der Waals surface area contributed by atoms with E-state index in [2.05, 4.69) is 191 Å². The first-order valence-corrected chi connectivity index (χ1v) is 18.0. The summed E-state index contributed by atoms with van der Waals surface area (Å²) >= 11 is 0. The van der Waals surface area contributed by atoms with Gasteiger partial charge >= 0.3 is 0 Å². The van der Waals surface area contributed by atoms with Gasteiger partial charge in [-0.05, 0) is 97.4 Å². The first-order valence-electron chi connectivity index (χ1n) is 18.0. The Morgan fingerprint density at radius 1 is 0.308 bits per heavy atom. The molecule has 240 valence electrons. The van der Waals surface area contributed by atoms with Gasteiger partial charge in [0.15, 0.2) is 0 Å². The minimum Gasteiger partial charge on any atom is -0.309 e. The molecule has 2 nitrogen and oxygen atoms in total. The molecule has 1 aliphatic carbocycles. The summed E-state index contributed by atoms with van der Waals surface area (Å²) in [6.07, 6.45) is 0. The number of fused-ring (bicyclic) bond motifs is 12. The third kappa shape index (κ3) is 3.63. The van der Waals surface area contributed by atoms with Crippen molar-refractivity contribution >= 4 is 65.2 Å². The first kappa shape index (κ1) is 27.9. The summed E-state index contributed by atoms with van der Waals surface area (Å²) in [5.74, 6) is 0. The average molecular weight is 659 g/mol. The SMILES string of the molecule is c1ccc(-n2c3ccc4ccccc4c3c3ccc4c(c5ccccc5n4-c4cccc(-c5cccc6c5-c5cccc7cccc-6c57)c4)c32)cc1. The van der Waals surface area contributed by atoms with Gasteiger partial charge in [0.1, 0.15) is 0 Å². The molecule has 11 aromatic rings. The normalized spacial score (nSPS) is 12.2. The Bertz CT molecular complexity index is 3280. The molecular weight excluding hydrogens is 629 g/mol. The van der Waals surface area contributed by atoms with Crippen LogP contribution in [0.4, 0.5) is 0 Å². The van der Waals surface area contributed by atoms with Crippen molar-refractivity contribution in [2.24, 2.45) is 0 Å². The zero-order valence-electron chi connectivity index (χ0n) is 28.2. The molecule has 0 radical (unpaired) electrons. The van der Waals surface area contributed by atoms with E-state index in [1.807, 2.05) is 0 Å².